The van der Waals surface area contributed by atoms with Crippen LogP contribution in [0.25, 0.3) is 0 Å². The number of non-ortho nitro benzene ring substituents is 1. The molecule has 2 aromatic carbocycles. The molecule has 0 heterocycles. The van der Waals surface area contributed by atoms with Crippen molar-refractivity contribution in [3.05, 3.63) is 73.8 Å². The number of carbonyl (C=O) groups is 2. The van der Waals surface area contributed by atoms with Crippen molar-refractivity contribution >= 4 is 23.3 Å². The second-order valence-corrected chi connectivity index (χ2v) is 4.97. The second kappa shape index (κ2) is 7.83. The molecule has 2 aromatic rings. The van der Waals surface area contributed by atoms with E-state index in [0.29, 0.717) is 6.07 Å². The number of amides is 1. The molecule has 1 N–H and O–H groups in total. The molecule has 10 heteroatoms. The number of carbonyl (C=O) groups excluding carboxylic acids is 2. The number of hydrogen-bond donors (Lipinski definition) is 1. The lowest BCUT2D eigenvalue weighted by Crippen LogP contribution is -2.24. The van der Waals surface area contributed by atoms with Crippen LogP contribution in [-0.4, -0.2) is 28.3 Å². The van der Waals surface area contributed by atoms with Gasteiger partial charge in [0.2, 0.25) is 5.75 Å². The van der Waals surface area contributed by atoms with E-state index in [9.17, 15) is 29.8 Å². The summed E-state index contributed by atoms with van der Waals surface area (Å²) in [6.07, 6.45) is 0. The molecule has 0 bridgehead atoms. The molecule has 134 valence electrons. The molecule has 0 aliphatic heterocycles. The normalized spacial score (nSPS) is 10.0. The fourth-order valence-corrected chi connectivity index (χ4v) is 2.10. The second-order valence-electron chi connectivity index (χ2n) is 4.97. The standard InChI is InChI=1S/C16H13N3O7/c1-2-17-15(20)12-8-11(18(22)23)9-13(19(24)25)14(12)26-16(21)10-6-4-3-5-7-10/h3-9H,2H2,1H3,(H,17,20). The first-order valence-corrected chi connectivity index (χ1v) is 7.37. The van der Waals surface area contributed by atoms with E-state index in [1.54, 1.807) is 25.1 Å². The zero-order valence-corrected chi connectivity index (χ0v) is 13.5. The highest BCUT2D eigenvalue weighted by molar-refractivity contribution is 6.01. The predicted octanol–water partition coefficient (Wildman–Crippen LogP) is 2.47. The van der Waals surface area contributed by atoms with Crippen LogP contribution in [-0.2, 0) is 0 Å². The number of nitrogens with zero attached hydrogens (tertiary/aromatic N) is 2. The Labute approximate surface area is 146 Å². The summed E-state index contributed by atoms with van der Waals surface area (Å²) in [5.41, 5.74) is -1.90. The zero-order chi connectivity index (χ0) is 19.3. The molecular weight excluding hydrogens is 346 g/mol. The van der Waals surface area contributed by atoms with Crippen molar-refractivity contribution in [2.45, 2.75) is 6.92 Å². The molecule has 2 rings (SSSR count). The molecule has 0 unspecified atom stereocenters. The highest BCUT2D eigenvalue weighted by Gasteiger charge is 2.30. The molecule has 0 radical (unpaired) electrons. The summed E-state index contributed by atoms with van der Waals surface area (Å²) in [4.78, 5) is 44.9. The van der Waals surface area contributed by atoms with Crippen LogP contribution < -0.4 is 10.1 Å². The van der Waals surface area contributed by atoms with Gasteiger partial charge in [-0.05, 0) is 19.1 Å². The molecular formula is C16H13N3O7. The summed E-state index contributed by atoms with van der Waals surface area (Å²) < 4.78 is 5.06. The Balaban J connectivity index is 2.60. The van der Waals surface area contributed by atoms with Gasteiger partial charge in [0.25, 0.3) is 11.6 Å². The molecule has 26 heavy (non-hydrogen) atoms. The molecule has 0 aromatic heterocycles. The van der Waals surface area contributed by atoms with E-state index in [2.05, 4.69) is 5.32 Å². The smallest absolute Gasteiger partial charge is 0.343 e. The van der Waals surface area contributed by atoms with Crippen LogP contribution in [0.5, 0.6) is 5.75 Å². The maximum absolute atomic E-state index is 12.2. The fourth-order valence-electron chi connectivity index (χ4n) is 2.10. The summed E-state index contributed by atoms with van der Waals surface area (Å²) >= 11 is 0. The van der Waals surface area contributed by atoms with Crippen LogP contribution in [0.2, 0.25) is 0 Å². The van der Waals surface area contributed by atoms with E-state index in [4.69, 9.17) is 4.74 Å². The van der Waals surface area contributed by atoms with E-state index < -0.39 is 44.4 Å². The van der Waals surface area contributed by atoms with Crippen LogP contribution >= 0.6 is 0 Å². The summed E-state index contributed by atoms with van der Waals surface area (Å²) in [5.74, 6) is -2.43. The lowest BCUT2D eigenvalue weighted by molar-refractivity contribution is -0.394. The quantitative estimate of drug-likeness (QED) is 0.361. The fraction of sp³-hybridized carbons (Fsp3) is 0.125. The van der Waals surface area contributed by atoms with Crippen LogP contribution in [0.15, 0.2) is 42.5 Å². The lowest BCUT2D eigenvalue weighted by Gasteiger charge is -2.10. The van der Waals surface area contributed by atoms with Crippen molar-refractivity contribution in [1.82, 2.24) is 5.32 Å². The third-order valence-corrected chi connectivity index (χ3v) is 3.25. The Bertz CT molecular complexity index is 881. The van der Waals surface area contributed by atoms with Gasteiger partial charge in [-0.25, -0.2) is 4.79 Å². The molecule has 0 aliphatic carbocycles. The average molecular weight is 359 g/mol. The number of nitro groups is 2. The number of benzene rings is 2. The minimum absolute atomic E-state index is 0.0991. The first-order chi connectivity index (χ1) is 12.3. The van der Waals surface area contributed by atoms with Crippen LogP contribution in [0.3, 0.4) is 0 Å². The Morgan fingerprint density at radius 2 is 1.73 bits per heavy atom. The Kier molecular flexibility index (Phi) is 5.58. The maximum Gasteiger partial charge on any atom is 0.343 e. The van der Waals surface area contributed by atoms with E-state index in [0.717, 1.165) is 6.07 Å². The Morgan fingerprint density at radius 1 is 1.08 bits per heavy atom. The summed E-state index contributed by atoms with van der Waals surface area (Å²) in [7, 11) is 0. The molecule has 0 fully saturated rings. The van der Waals surface area contributed by atoms with Crippen molar-refractivity contribution in [3.8, 4) is 5.75 Å². The van der Waals surface area contributed by atoms with Crippen molar-refractivity contribution in [1.29, 1.82) is 0 Å². The van der Waals surface area contributed by atoms with Gasteiger partial charge in [0.05, 0.1) is 27.0 Å². The third kappa shape index (κ3) is 3.98. The third-order valence-electron chi connectivity index (χ3n) is 3.25. The number of rotatable bonds is 6. The first kappa shape index (κ1) is 18.5. The van der Waals surface area contributed by atoms with E-state index >= 15 is 0 Å². The monoisotopic (exact) mass is 359 g/mol. The number of hydrogen-bond acceptors (Lipinski definition) is 7. The van der Waals surface area contributed by atoms with Crippen LogP contribution in [0, 0.1) is 20.2 Å². The molecule has 0 aliphatic rings. The molecule has 10 nitrogen and oxygen atoms in total. The molecule has 0 saturated carbocycles. The largest absolute Gasteiger partial charge is 0.415 e. The number of nitro benzene ring substituents is 2. The highest BCUT2D eigenvalue weighted by Crippen LogP contribution is 2.36. The van der Waals surface area contributed by atoms with Crippen molar-refractivity contribution in [3.63, 3.8) is 0 Å². The summed E-state index contributed by atoms with van der Waals surface area (Å²) in [6.45, 7) is 1.76. The Hall–Kier alpha value is -3.82. The van der Waals surface area contributed by atoms with E-state index in [1.165, 1.54) is 12.1 Å². The molecule has 1 amide bonds. The van der Waals surface area contributed by atoms with Crippen molar-refractivity contribution in [2.75, 3.05) is 6.54 Å². The number of esters is 1. The average Bonchev–Trinajstić information content (AvgIpc) is 2.62. The van der Waals surface area contributed by atoms with E-state index in [-0.39, 0.29) is 12.1 Å². The molecule has 0 atom stereocenters. The number of ether oxygens (including phenoxy) is 1. The maximum atomic E-state index is 12.2. The predicted molar refractivity (Wildman–Crippen MR) is 89.2 cm³/mol. The SMILES string of the molecule is CCNC(=O)c1cc([N+](=O)[O-])cc([N+](=O)[O-])c1OC(=O)c1ccccc1. The zero-order valence-electron chi connectivity index (χ0n) is 13.5. The van der Waals surface area contributed by atoms with E-state index in [1.807, 2.05) is 0 Å². The summed E-state index contributed by atoms with van der Waals surface area (Å²) in [6, 6.07) is 9.08. The first-order valence-electron chi connectivity index (χ1n) is 7.37. The molecule has 0 saturated heterocycles. The van der Waals surface area contributed by atoms with Gasteiger partial charge in [0.15, 0.2) is 0 Å². The highest BCUT2D eigenvalue weighted by atomic mass is 16.6. The lowest BCUT2D eigenvalue weighted by atomic mass is 10.1. The van der Waals surface area contributed by atoms with Gasteiger partial charge < -0.3 is 10.1 Å². The van der Waals surface area contributed by atoms with Crippen LogP contribution in [0.1, 0.15) is 27.6 Å². The van der Waals surface area contributed by atoms with Gasteiger partial charge in [-0.1, -0.05) is 18.2 Å². The van der Waals surface area contributed by atoms with Crippen LogP contribution in [0.4, 0.5) is 11.4 Å². The van der Waals surface area contributed by atoms with Crippen molar-refractivity contribution < 1.29 is 24.2 Å². The van der Waals surface area contributed by atoms with Gasteiger partial charge in [0, 0.05) is 12.6 Å². The topological polar surface area (TPSA) is 142 Å². The summed E-state index contributed by atoms with van der Waals surface area (Å²) in [5, 5.41) is 24.7. The molecule has 0 spiro atoms. The van der Waals surface area contributed by atoms with Gasteiger partial charge in [-0.3, -0.25) is 25.0 Å². The van der Waals surface area contributed by atoms with Crippen molar-refractivity contribution in [2.24, 2.45) is 0 Å². The van der Waals surface area contributed by atoms with Gasteiger partial charge >= 0.3 is 11.7 Å². The van der Waals surface area contributed by atoms with Gasteiger partial charge in [0.1, 0.15) is 0 Å². The minimum Gasteiger partial charge on any atom is -0.415 e. The number of nitrogens with one attached hydrogen (secondary N) is 1. The minimum atomic E-state index is -0.955. The van der Waals surface area contributed by atoms with Gasteiger partial charge in [-0.15, -0.1) is 0 Å². The Morgan fingerprint density at radius 3 is 2.27 bits per heavy atom. The van der Waals surface area contributed by atoms with Gasteiger partial charge in [-0.2, -0.15) is 0 Å².